The summed E-state index contributed by atoms with van der Waals surface area (Å²) in [6.07, 6.45) is 1.02. The molecule has 5 nitrogen and oxygen atoms in total. The molecule has 0 bridgehead atoms. The smallest absolute Gasteiger partial charge is 0.321 e. The largest absolute Gasteiger partial charge is 0.381 e. The summed E-state index contributed by atoms with van der Waals surface area (Å²) in [6.45, 7) is 8.10. The molecule has 1 atom stereocenters. The fourth-order valence-corrected chi connectivity index (χ4v) is 2.64. The van der Waals surface area contributed by atoms with E-state index in [0.717, 1.165) is 50.6 Å². The van der Waals surface area contributed by atoms with Crippen molar-refractivity contribution < 1.29 is 9.53 Å². The van der Waals surface area contributed by atoms with Crippen LogP contribution in [0.15, 0.2) is 24.3 Å². The van der Waals surface area contributed by atoms with Gasteiger partial charge in [-0.15, -0.1) is 0 Å². The third kappa shape index (κ3) is 4.37. The summed E-state index contributed by atoms with van der Waals surface area (Å²) in [7, 11) is 2.04. The zero-order valence-corrected chi connectivity index (χ0v) is 13.8. The van der Waals surface area contributed by atoms with Gasteiger partial charge < -0.3 is 19.9 Å². The number of hydrogen-bond donors (Lipinski definition) is 1. The maximum Gasteiger partial charge on any atom is 0.321 e. The van der Waals surface area contributed by atoms with Crippen LogP contribution >= 0.6 is 0 Å². The molecule has 1 aliphatic rings. The standard InChI is InChI=1S/C17H27N3O2/c1-4-19(3)16-8-6-7-15(11-16)18-17(21)20-10-9-14(12-20)13-22-5-2/h6-8,11,14H,4-5,9-10,12-13H2,1-3H3,(H,18,21)/t14-/m1/s1. The number of anilines is 2. The maximum atomic E-state index is 12.3. The summed E-state index contributed by atoms with van der Waals surface area (Å²) in [5, 5.41) is 3.00. The fraction of sp³-hybridized carbons (Fsp3) is 0.588. The molecule has 1 aliphatic heterocycles. The van der Waals surface area contributed by atoms with Gasteiger partial charge in [-0.3, -0.25) is 0 Å². The molecule has 0 aliphatic carbocycles. The van der Waals surface area contributed by atoms with Crippen LogP contribution in [0.2, 0.25) is 0 Å². The Labute approximate surface area is 133 Å². The van der Waals surface area contributed by atoms with Gasteiger partial charge in [-0.2, -0.15) is 0 Å². The highest BCUT2D eigenvalue weighted by Crippen LogP contribution is 2.21. The number of likely N-dealkylation sites (tertiary alicyclic amines) is 1. The normalized spacial score (nSPS) is 17.6. The molecule has 1 saturated heterocycles. The Bertz CT molecular complexity index is 493. The van der Waals surface area contributed by atoms with Gasteiger partial charge in [0.1, 0.15) is 0 Å². The van der Waals surface area contributed by atoms with E-state index < -0.39 is 0 Å². The summed E-state index contributed by atoms with van der Waals surface area (Å²) >= 11 is 0. The quantitative estimate of drug-likeness (QED) is 0.878. The summed E-state index contributed by atoms with van der Waals surface area (Å²) in [5.41, 5.74) is 1.95. The van der Waals surface area contributed by atoms with Crippen LogP contribution in [0.3, 0.4) is 0 Å². The van der Waals surface area contributed by atoms with Gasteiger partial charge in [0.15, 0.2) is 0 Å². The Hall–Kier alpha value is -1.75. The van der Waals surface area contributed by atoms with Gasteiger partial charge in [0.25, 0.3) is 0 Å². The lowest BCUT2D eigenvalue weighted by Gasteiger charge is -2.20. The molecule has 0 saturated carbocycles. The number of hydrogen-bond acceptors (Lipinski definition) is 3. The average Bonchev–Trinajstić information content (AvgIpc) is 3.01. The Morgan fingerprint density at radius 2 is 2.27 bits per heavy atom. The van der Waals surface area contributed by atoms with Crippen molar-refractivity contribution in [2.75, 3.05) is 50.1 Å². The number of ether oxygens (including phenoxy) is 1. The summed E-state index contributed by atoms with van der Waals surface area (Å²) in [4.78, 5) is 16.4. The van der Waals surface area contributed by atoms with E-state index in [2.05, 4.69) is 17.1 Å². The third-order valence-electron chi connectivity index (χ3n) is 4.14. The number of urea groups is 1. The molecule has 5 heteroatoms. The van der Waals surface area contributed by atoms with E-state index in [1.165, 1.54) is 0 Å². The lowest BCUT2D eigenvalue weighted by molar-refractivity contribution is 0.113. The Kier molecular flexibility index (Phi) is 6.07. The molecule has 1 heterocycles. The first-order valence-corrected chi connectivity index (χ1v) is 8.08. The van der Waals surface area contributed by atoms with E-state index in [0.29, 0.717) is 5.92 Å². The number of carbonyl (C=O) groups is 1. The van der Waals surface area contributed by atoms with Crippen molar-refractivity contribution >= 4 is 17.4 Å². The van der Waals surface area contributed by atoms with Crippen molar-refractivity contribution in [3.05, 3.63) is 24.3 Å². The van der Waals surface area contributed by atoms with Gasteiger partial charge in [0, 0.05) is 50.6 Å². The number of rotatable bonds is 6. The van der Waals surface area contributed by atoms with Crippen molar-refractivity contribution in [1.29, 1.82) is 0 Å². The summed E-state index contributed by atoms with van der Waals surface area (Å²) in [6, 6.07) is 7.94. The number of benzene rings is 1. The SMILES string of the molecule is CCOC[C@@H]1CCN(C(=O)Nc2cccc(N(C)CC)c2)C1. The molecule has 2 amide bonds. The highest BCUT2D eigenvalue weighted by Gasteiger charge is 2.26. The van der Waals surface area contributed by atoms with Gasteiger partial charge >= 0.3 is 6.03 Å². The maximum absolute atomic E-state index is 12.3. The first kappa shape index (κ1) is 16.6. The minimum atomic E-state index is -0.0182. The van der Waals surface area contributed by atoms with E-state index in [1.54, 1.807) is 0 Å². The zero-order valence-electron chi connectivity index (χ0n) is 13.8. The van der Waals surface area contributed by atoms with Crippen molar-refractivity contribution in [2.45, 2.75) is 20.3 Å². The number of nitrogens with one attached hydrogen (secondary N) is 1. The van der Waals surface area contributed by atoms with Crippen LogP contribution < -0.4 is 10.2 Å². The Morgan fingerprint density at radius 3 is 3.00 bits per heavy atom. The van der Waals surface area contributed by atoms with Crippen LogP contribution in [0.5, 0.6) is 0 Å². The predicted octanol–water partition coefficient (Wildman–Crippen LogP) is 3.03. The number of amides is 2. The number of nitrogens with zero attached hydrogens (tertiary/aromatic N) is 2. The molecule has 1 aromatic carbocycles. The van der Waals surface area contributed by atoms with E-state index in [1.807, 2.05) is 43.1 Å². The van der Waals surface area contributed by atoms with Crippen molar-refractivity contribution in [3.63, 3.8) is 0 Å². The lowest BCUT2D eigenvalue weighted by Crippen LogP contribution is -2.33. The van der Waals surface area contributed by atoms with Gasteiger partial charge in [0.2, 0.25) is 0 Å². The third-order valence-corrected chi connectivity index (χ3v) is 4.14. The van der Waals surface area contributed by atoms with Crippen LogP contribution in [0.1, 0.15) is 20.3 Å². The molecule has 0 spiro atoms. The molecule has 22 heavy (non-hydrogen) atoms. The van der Waals surface area contributed by atoms with Crippen molar-refractivity contribution in [2.24, 2.45) is 5.92 Å². The second-order valence-electron chi connectivity index (χ2n) is 5.75. The minimum absolute atomic E-state index is 0.0182. The average molecular weight is 305 g/mol. The molecule has 1 aromatic rings. The van der Waals surface area contributed by atoms with E-state index in [4.69, 9.17) is 4.74 Å². The molecule has 0 unspecified atom stereocenters. The van der Waals surface area contributed by atoms with Crippen LogP contribution in [0.4, 0.5) is 16.2 Å². The van der Waals surface area contributed by atoms with E-state index in [9.17, 15) is 4.79 Å². The first-order chi connectivity index (χ1) is 10.6. The second kappa shape index (κ2) is 8.03. The van der Waals surface area contributed by atoms with E-state index in [-0.39, 0.29) is 6.03 Å². The molecule has 122 valence electrons. The summed E-state index contributed by atoms with van der Waals surface area (Å²) < 4.78 is 5.45. The second-order valence-corrected chi connectivity index (χ2v) is 5.75. The topological polar surface area (TPSA) is 44.8 Å². The van der Waals surface area contributed by atoms with Crippen molar-refractivity contribution in [3.8, 4) is 0 Å². The van der Waals surface area contributed by atoms with E-state index >= 15 is 0 Å². The van der Waals surface area contributed by atoms with Crippen molar-refractivity contribution in [1.82, 2.24) is 4.90 Å². The number of carbonyl (C=O) groups excluding carboxylic acids is 1. The fourth-order valence-electron chi connectivity index (χ4n) is 2.64. The van der Waals surface area contributed by atoms with Gasteiger partial charge in [0.05, 0.1) is 6.61 Å². The molecule has 0 radical (unpaired) electrons. The van der Waals surface area contributed by atoms with Gasteiger partial charge in [-0.25, -0.2) is 4.79 Å². The molecular weight excluding hydrogens is 278 g/mol. The molecule has 0 aromatic heterocycles. The highest BCUT2D eigenvalue weighted by atomic mass is 16.5. The molecule has 2 rings (SSSR count). The molecule has 1 N–H and O–H groups in total. The van der Waals surface area contributed by atoms with Crippen LogP contribution in [0.25, 0.3) is 0 Å². The molecule has 1 fully saturated rings. The summed E-state index contributed by atoms with van der Waals surface area (Å²) in [5.74, 6) is 0.461. The van der Waals surface area contributed by atoms with Crippen LogP contribution in [-0.2, 0) is 4.74 Å². The molecular formula is C17H27N3O2. The van der Waals surface area contributed by atoms with Crippen LogP contribution in [0, 0.1) is 5.92 Å². The predicted molar refractivity (Wildman–Crippen MR) is 90.6 cm³/mol. The van der Waals surface area contributed by atoms with Crippen LogP contribution in [-0.4, -0.2) is 50.8 Å². The Morgan fingerprint density at radius 1 is 1.45 bits per heavy atom. The lowest BCUT2D eigenvalue weighted by atomic mass is 10.1. The Balaban J connectivity index is 1.90. The monoisotopic (exact) mass is 305 g/mol. The minimum Gasteiger partial charge on any atom is -0.381 e. The van der Waals surface area contributed by atoms with Gasteiger partial charge in [-0.1, -0.05) is 6.07 Å². The zero-order chi connectivity index (χ0) is 15.9. The van der Waals surface area contributed by atoms with Gasteiger partial charge in [-0.05, 0) is 38.5 Å². The highest BCUT2D eigenvalue weighted by molar-refractivity contribution is 5.90. The first-order valence-electron chi connectivity index (χ1n) is 8.08.